The van der Waals surface area contributed by atoms with Gasteiger partial charge in [-0.15, -0.1) is 0 Å². The maximum Gasteiger partial charge on any atom is 0.326 e. The number of carboxylic acids is 1. The van der Waals surface area contributed by atoms with Crippen LogP contribution in [0.5, 0.6) is 0 Å². The minimum Gasteiger partial charge on any atom is -0.480 e. The largest absolute Gasteiger partial charge is 0.480 e. The number of amides is 1. The van der Waals surface area contributed by atoms with Crippen molar-refractivity contribution < 1.29 is 19.2 Å². The summed E-state index contributed by atoms with van der Waals surface area (Å²) in [5.41, 5.74) is 0.773. The van der Waals surface area contributed by atoms with E-state index in [1.165, 1.54) is 0 Å². The van der Waals surface area contributed by atoms with E-state index < -0.39 is 12.0 Å². The molecule has 0 aliphatic heterocycles. The third-order valence-corrected chi connectivity index (χ3v) is 3.45. The van der Waals surface area contributed by atoms with Gasteiger partial charge in [0.15, 0.2) is 0 Å². The highest BCUT2D eigenvalue weighted by molar-refractivity contribution is 5.83. The van der Waals surface area contributed by atoms with E-state index in [0.717, 1.165) is 18.4 Å². The molecule has 0 fully saturated rings. The molecule has 2 heterocycles. The lowest BCUT2D eigenvalue weighted by Gasteiger charge is -2.13. The molecular weight excluding hydrogens is 312 g/mol. The Hall–Kier alpha value is -2.77. The summed E-state index contributed by atoms with van der Waals surface area (Å²) in [5, 5.41) is 15.5. The molecular formula is C16H20N4O4. The Kier molecular flexibility index (Phi) is 6.41. The SMILES string of the molecule is CCCC[C@H](NC(=O)CCc1nc(-c2ccncc2)no1)C(=O)O. The quantitative estimate of drug-likeness (QED) is 0.719. The van der Waals surface area contributed by atoms with Crippen LogP contribution >= 0.6 is 0 Å². The molecule has 8 heteroatoms. The Morgan fingerprint density at radius 3 is 2.75 bits per heavy atom. The molecule has 0 saturated heterocycles. The third-order valence-electron chi connectivity index (χ3n) is 3.45. The van der Waals surface area contributed by atoms with Crippen LogP contribution in [0.1, 0.15) is 38.5 Å². The summed E-state index contributed by atoms with van der Waals surface area (Å²) >= 11 is 0. The van der Waals surface area contributed by atoms with Crippen molar-refractivity contribution in [3.8, 4) is 11.4 Å². The number of aliphatic carboxylic acids is 1. The van der Waals surface area contributed by atoms with E-state index in [0.29, 0.717) is 18.1 Å². The zero-order valence-corrected chi connectivity index (χ0v) is 13.4. The molecule has 2 rings (SSSR count). The number of carboxylic acid groups (broad SMARTS) is 1. The van der Waals surface area contributed by atoms with E-state index in [-0.39, 0.29) is 18.7 Å². The third kappa shape index (κ3) is 5.15. The number of nitrogens with one attached hydrogen (secondary N) is 1. The van der Waals surface area contributed by atoms with Gasteiger partial charge in [-0.05, 0) is 18.6 Å². The zero-order chi connectivity index (χ0) is 17.4. The van der Waals surface area contributed by atoms with Crippen LogP contribution in [-0.2, 0) is 16.0 Å². The number of hydrogen-bond donors (Lipinski definition) is 2. The van der Waals surface area contributed by atoms with Gasteiger partial charge in [-0.3, -0.25) is 9.78 Å². The molecule has 0 aliphatic carbocycles. The van der Waals surface area contributed by atoms with Crippen LogP contribution in [0.2, 0.25) is 0 Å². The van der Waals surface area contributed by atoms with Crippen molar-refractivity contribution in [2.45, 2.75) is 45.1 Å². The fraction of sp³-hybridized carbons (Fsp3) is 0.438. The number of aromatic nitrogens is 3. The number of aryl methyl sites for hydroxylation is 1. The standard InChI is InChI=1S/C16H20N4O4/c1-2-3-4-12(16(22)23)18-13(21)5-6-14-19-15(20-24-14)11-7-9-17-10-8-11/h7-10,12H,2-6H2,1H3,(H,18,21)(H,22,23)/t12-/m0/s1. The summed E-state index contributed by atoms with van der Waals surface area (Å²) in [7, 11) is 0. The molecule has 0 saturated carbocycles. The number of carbonyl (C=O) groups is 2. The molecule has 2 aromatic heterocycles. The van der Waals surface area contributed by atoms with Gasteiger partial charge in [0.2, 0.25) is 17.6 Å². The van der Waals surface area contributed by atoms with Crippen LogP contribution in [0.4, 0.5) is 0 Å². The maximum absolute atomic E-state index is 11.9. The highest BCUT2D eigenvalue weighted by atomic mass is 16.5. The fourth-order valence-corrected chi connectivity index (χ4v) is 2.13. The molecule has 1 amide bonds. The van der Waals surface area contributed by atoms with Crippen molar-refractivity contribution in [3.63, 3.8) is 0 Å². The van der Waals surface area contributed by atoms with E-state index in [1.54, 1.807) is 24.5 Å². The molecule has 2 N–H and O–H groups in total. The molecule has 0 aliphatic rings. The first-order valence-electron chi connectivity index (χ1n) is 7.85. The summed E-state index contributed by atoms with van der Waals surface area (Å²) in [6, 6.07) is 2.66. The smallest absolute Gasteiger partial charge is 0.326 e. The monoisotopic (exact) mass is 332 g/mol. The van der Waals surface area contributed by atoms with Gasteiger partial charge in [-0.25, -0.2) is 4.79 Å². The zero-order valence-electron chi connectivity index (χ0n) is 13.4. The minimum atomic E-state index is -1.02. The van der Waals surface area contributed by atoms with Crippen molar-refractivity contribution >= 4 is 11.9 Å². The number of pyridine rings is 1. The van der Waals surface area contributed by atoms with Gasteiger partial charge >= 0.3 is 5.97 Å². The number of unbranched alkanes of at least 4 members (excludes halogenated alkanes) is 1. The Morgan fingerprint density at radius 1 is 1.33 bits per heavy atom. The van der Waals surface area contributed by atoms with Crippen molar-refractivity contribution in [1.82, 2.24) is 20.4 Å². The van der Waals surface area contributed by atoms with Crippen LogP contribution in [0.25, 0.3) is 11.4 Å². The second-order valence-corrected chi connectivity index (χ2v) is 5.35. The van der Waals surface area contributed by atoms with Gasteiger partial charge < -0.3 is 14.9 Å². The first-order valence-corrected chi connectivity index (χ1v) is 7.85. The van der Waals surface area contributed by atoms with Gasteiger partial charge in [-0.2, -0.15) is 4.98 Å². The first-order chi connectivity index (χ1) is 11.6. The molecule has 0 bridgehead atoms. The lowest BCUT2D eigenvalue weighted by molar-refractivity contribution is -0.142. The van der Waals surface area contributed by atoms with Gasteiger partial charge in [0.05, 0.1) is 0 Å². The van der Waals surface area contributed by atoms with Crippen molar-refractivity contribution in [2.24, 2.45) is 0 Å². The molecule has 24 heavy (non-hydrogen) atoms. The van der Waals surface area contributed by atoms with E-state index in [9.17, 15) is 9.59 Å². The summed E-state index contributed by atoms with van der Waals surface area (Å²) in [6.07, 6.45) is 5.64. The van der Waals surface area contributed by atoms with Gasteiger partial charge in [-0.1, -0.05) is 24.9 Å². The highest BCUT2D eigenvalue weighted by Gasteiger charge is 2.19. The second-order valence-electron chi connectivity index (χ2n) is 5.35. The Labute approximate surface area is 139 Å². The normalized spacial score (nSPS) is 11.9. The molecule has 0 spiro atoms. The van der Waals surface area contributed by atoms with Crippen molar-refractivity contribution in [1.29, 1.82) is 0 Å². The molecule has 1 atom stereocenters. The van der Waals surface area contributed by atoms with Crippen LogP contribution in [0, 0.1) is 0 Å². The Balaban J connectivity index is 1.85. The Bertz CT molecular complexity index is 672. The van der Waals surface area contributed by atoms with Gasteiger partial charge in [0.1, 0.15) is 6.04 Å². The fourth-order valence-electron chi connectivity index (χ4n) is 2.13. The minimum absolute atomic E-state index is 0.0912. The molecule has 0 unspecified atom stereocenters. The summed E-state index contributed by atoms with van der Waals surface area (Å²) in [4.78, 5) is 31.1. The topological polar surface area (TPSA) is 118 Å². The summed E-state index contributed by atoms with van der Waals surface area (Å²) < 4.78 is 5.11. The molecule has 0 radical (unpaired) electrons. The van der Waals surface area contributed by atoms with Crippen molar-refractivity contribution in [2.75, 3.05) is 0 Å². The average Bonchev–Trinajstić information content (AvgIpc) is 3.06. The van der Waals surface area contributed by atoms with E-state index in [1.807, 2.05) is 6.92 Å². The van der Waals surface area contributed by atoms with Crippen LogP contribution < -0.4 is 5.32 Å². The highest BCUT2D eigenvalue weighted by Crippen LogP contribution is 2.14. The van der Waals surface area contributed by atoms with Crippen LogP contribution in [0.15, 0.2) is 29.0 Å². The number of rotatable bonds is 9. The molecule has 0 aromatic carbocycles. The first kappa shape index (κ1) is 17.6. The second kappa shape index (κ2) is 8.76. The van der Waals surface area contributed by atoms with Gasteiger partial charge in [0, 0.05) is 30.8 Å². The predicted molar refractivity (Wildman–Crippen MR) is 84.9 cm³/mol. The number of carbonyl (C=O) groups excluding carboxylic acids is 1. The summed E-state index contributed by atoms with van der Waals surface area (Å²) in [5.74, 6) is -0.603. The van der Waals surface area contributed by atoms with E-state index >= 15 is 0 Å². The van der Waals surface area contributed by atoms with Crippen LogP contribution in [0.3, 0.4) is 0 Å². The molecule has 2 aromatic rings. The van der Waals surface area contributed by atoms with E-state index in [4.69, 9.17) is 9.63 Å². The number of hydrogen-bond acceptors (Lipinski definition) is 6. The average molecular weight is 332 g/mol. The predicted octanol–water partition coefficient (Wildman–Crippen LogP) is 1.82. The molecule has 8 nitrogen and oxygen atoms in total. The van der Waals surface area contributed by atoms with E-state index in [2.05, 4.69) is 20.4 Å². The lowest BCUT2D eigenvalue weighted by Crippen LogP contribution is -2.40. The van der Waals surface area contributed by atoms with Crippen molar-refractivity contribution in [3.05, 3.63) is 30.4 Å². The summed E-state index contributed by atoms with van der Waals surface area (Å²) in [6.45, 7) is 1.97. The Morgan fingerprint density at radius 2 is 2.08 bits per heavy atom. The molecule has 128 valence electrons. The van der Waals surface area contributed by atoms with Crippen LogP contribution in [-0.4, -0.2) is 38.1 Å². The lowest BCUT2D eigenvalue weighted by atomic mass is 10.1. The van der Waals surface area contributed by atoms with Gasteiger partial charge in [0.25, 0.3) is 0 Å². The maximum atomic E-state index is 11.9. The number of nitrogens with zero attached hydrogens (tertiary/aromatic N) is 3.